The number of fused-ring (bicyclic) bond motifs is 1. The number of nitrogens with one attached hydrogen (secondary N) is 1. The van der Waals surface area contributed by atoms with Crippen LogP contribution in [-0.4, -0.2) is 5.91 Å². The summed E-state index contributed by atoms with van der Waals surface area (Å²) >= 11 is 0. The molecule has 1 heterocycles. The van der Waals surface area contributed by atoms with Gasteiger partial charge in [-0.2, -0.15) is 13.2 Å². The van der Waals surface area contributed by atoms with Crippen LogP contribution in [0.25, 0.3) is 11.0 Å². The van der Waals surface area contributed by atoms with Crippen LogP contribution in [0.3, 0.4) is 0 Å². The van der Waals surface area contributed by atoms with Crippen molar-refractivity contribution in [3.8, 4) is 0 Å². The number of furan rings is 1. The molecule has 0 fully saturated rings. The van der Waals surface area contributed by atoms with Crippen LogP contribution in [0.15, 0.2) is 53.1 Å². The lowest BCUT2D eigenvalue weighted by Crippen LogP contribution is -2.18. The molecule has 3 rings (SSSR count). The Morgan fingerprint density at radius 3 is 2.44 bits per heavy atom. The van der Waals surface area contributed by atoms with E-state index in [0.717, 1.165) is 17.0 Å². The van der Waals surface area contributed by atoms with Crippen LogP contribution in [0.2, 0.25) is 0 Å². The molecule has 0 aliphatic carbocycles. The molecule has 0 bridgehead atoms. The number of alkyl halides is 3. The number of carbonyl (C=O) groups is 1. The summed E-state index contributed by atoms with van der Waals surface area (Å²) in [5.74, 6) is -0.532. The molecule has 0 aliphatic rings. The second kappa shape index (κ2) is 6.76. The third-order valence-corrected chi connectivity index (χ3v) is 4.38. The van der Waals surface area contributed by atoms with Crippen molar-refractivity contribution < 1.29 is 22.4 Å². The third-order valence-electron chi connectivity index (χ3n) is 4.38. The number of hydrogen-bond donors (Lipinski definition) is 1. The summed E-state index contributed by atoms with van der Waals surface area (Å²) in [7, 11) is 0. The molecule has 0 unspecified atom stereocenters. The summed E-state index contributed by atoms with van der Waals surface area (Å²) in [5, 5.41) is 3.16. The van der Waals surface area contributed by atoms with Crippen LogP contribution in [0.5, 0.6) is 0 Å². The maximum absolute atomic E-state index is 13.1. The highest BCUT2D eigenvalue weighted by molar-refractivity contribution is 5.96. The maximum Gasteiger partial charge on any atom is 0.418 e. The molecule has 0 spiro atoms. The van der Waals surface area contributed by atoms with Gasteiger partial charge in [0.05, 0.1) is 23.9 Å². The van der Waals surface area contributed by atoms with Gasteiger partial charge in [-0.25, -0.2) is 0 Å². The minimum Gasteiger partial charge on any atom is -0.464 e. The summed E-state index contributed by atoms with van der Waals surface area (Å²) in [6, 6.07) is 10.7. The Kier molecular flexibility index (Phi) is 4.76. The fourth-order valence-corrected chi connectivity index (χ4v) is 2.89. The lowest BCUT2D eigenvalue weighted by atomic mass is 9.86. The van der Waals surface area contributed by atoms with Gasteiger partial charge >= 0.3 is 6.18 Å². The molecule has 27 heavy (non-hydrogen) atoms. The molecular formula is C21H20F3NO2. The number of para-hydroxylation sites is 1. The van der Waals surface area contributed by atoms with Gasteiger partial charge in [-0.05, 0) is 35.2 Å². The van der Waals surface area contributed by atoms with Gasteiger partial charge in [0.15, 0.2) is 0 Å². The molecule has 1 aromatic heterocycles. The Bertz CT molecular complexity index is 981. The minimum absolute atomic E-state index is 0.0728. The van der Waals surface area contributed by atoms with Crippen LogP contribution in [0.4, 0.5) is 18.9 Å². The van der Waals surface area contributed by atoms with Gasteiger partial charge < -0.3 is 9.73 Å². The van der Waals surface area contributed by atoms with E-state index in [2.05, 4.69) is 26.1 Å². The lowest BCUT2D eigenvalue weighted by molar-refractivity contribution is -0.137. The zero-order valence-corrected chi connectivity index (χ0v) is 15.3. The van der Waals surface area contributed by atoms with Crippen molar-refractivity contribution in [3.05, 3.63) is 65.4 Å². The molecule has 0 aliphatic heterocycles. The SMILES string of the molecule is CC(C)(C)c1ccc2occ(CC(=O)Nc3ccccc3C(F)(F)F)c2c1. The number of hydrogen-bond acceptors (Lipinski definition) is 2. The molecule has 3 nitrogen and oxygen atoms in total. The summed E-state index contributed by atoms with van der Waals surface area (Å²) in [6.07, 6.45) is -3.13. The van der Waals surface area contributed by atoms with Crippen LogP contribution >= 0.6 is 0 Å². The van der Waals surface area contributed by atoms with Crippen molar-refractivity contribution in [2.24, 2.45) is 0 Å². The van der Waals surface area contributed by atoms with Gasteiger partial charge in [0.25, 0.3) is 0 Å². The zero-order valence-electron chi connectivity index (χ0n) is 15.3. The highest BCUT2D eigenvalue weighted by atomic mass is 19.4. The van der Waals surface area contributed by atoms with Gasteiger partial charge in [-0.3, -0.25) is 4.79 Å². The molecular weight excluding hydrogens is 355 g/mol. The van der Waals surface area contributed by atoms with Gasteiger partial charge in [-0.1, -0.05) is 39.0 Å². The first-order valence-electron chi connectivity index (χ1n) is 8.52. The van der Waals surface area contributed by atoms with Crippen molar-refractivity contribution in [2.45, 2.75) is 38.8 Å². The summed E-state index contributed by atoms with van der Waals surface area (Å²) in [6.45, 7) is 6.23. The molecule has 0 saturated heterocycles. The fourth-order valence-electron chi connectivity index (χ4n) is 2.89. The first-order valence-corrected chi connectivity index (χ1v) is 8.52. The van der Waals surface area contributed by atoms with Crippen molar-refractivity contribution in [1.29, 1.82) is 0 Å². The van der Waals surface area contributed by atoms with E-state index in [9.17, 15) is 18.0 Å². The van der Waals surface area contributed by atoms with Crippen molar-refractivity contribution in [3.63, 3.8) is 0 Å². The first kappa shape index (κ1) is 19.0. The standard InChI is InChI=1S/C21H20F3NO2/c1-20(2,3)14-8-9-18-15(11-14)13(12-27-18)10-19(26)25-17-7-5-4-6-16(17)21(22,23)24/h4-9,11-12H,10H2,1-3H3,(H,25,26). The number of amides is 1. The molecule has 2 aromatic carbocycles. The van der Waals surface area contributed by atoms with E-state index in [0.29, 0.717) is 11.1 Å². The summed E-state index contributed by atoms with van der Waals surface area (Å²) in [5.41, 5.74) is 1.17. The van der Waals surface area contributed by atoms with E-state index in [1.54, 1.807) is 0 Å². The predicted octanol–water partition coefficient (Wildman–Crippen LogP) is 5.93. The monoisotopic (exact) mass is 375 g/mol. The van der Waals surface area contributed by atoms with E-state index in [1.165, 1.54) is 24.5 Å². The third kappa shape index (κ3) is 4.15. The quantitative estimate of drug-likeness (QED) is 0.616. The Labute approximate surface area is 155 Å². The van der Waals surface area contributed by atoms with Gasteiger partial charge in [-0.15, -0.1) is 0 Å². The van der Waals surface area contributed by atoms with E-state index >= 15 is 0 Å². The molecule has 142 valence electrons. The molecule has 0 atom stereocenters. The van der Waals surface area contributed by atoms with E-state index in [1.807, 2.05) is 18.2 Å². The van der Waals surface area contributed by atoms with Gasteiger partial charge in [0, 0.05) is 10.9 Å². The number of rotatable bonds is 3. The largest absolute Gasteiger partial charge is 0.464 e. The normalized spacial score (nSPS) is 12.4. The Morgan fingerprint density at radius 2 is 1.78 bits per heavy atom. The Hall–Kier alpha value is -2.76. The van der Waals surface area contributed by atoms with Gasteiger partial charge in [0.2, 0.25) is 5.91 Å². The molecule has 0 radical (unpaired) electrons. The summed E-state index contributed by atoms with van der Waals surface area (Å²) < 4.78 is 44.7. The van der Waals surface area contributed by atoms with Crippen molar-refractivity contribution in [2.75, 3.05) is 5.32 Å². The topological polar surface area (TPSA) is 42.2 Å². The van der Waals surface area contributed by atoms with Gasteiger partial charge in [0.1, 0.15) is 5.58 Å². The Morgan fingerprint density at radius 1 is 1.07 bits per heavy atom. The second-order valence-electron chi connectivity index (χ2n) is 7.49. The van der Waals surface area contributed by atoms with Crippen LogP contribution in [0, 0.1) is 0 Å². The van der Waals surface area contributed by atoms with Crippen LogP contribution in [-0.2, 0) is 22.8 Å². The first-order chi connectivity index (χ1) is 12.6. The van der Waals surface area contributed by atoms with Crippen LogP contribution in [0.1, 0.15) is 37.5 Å². The van der Waals surface area contributed by atoms with Crippen LogP contribution < -0.4 is 5.32 Å². The lowest BCUT2D eigenvalue weighted by Gasteiger charge is -2.18. The zero-order chi connectivity index (χ0) is 19.8. The summed E-state index contributed by atoms with van der Waals surface area (Å²) in [4.78, 5) is 12.4. The molecule has 1 N–H and O–H groups in total. The van der Waals surface area contributed by atoms with E-state index in [-0.39, 0.29) is 17.5 Å². The molecule has 6 heteroatoms. The smallest absolute Gasteiger partial charge is 0.418 e. The number of anilines is 1. The predicted molar refractivity (Wildman–Crippen MR) is 98.7 cm³/mol. The van der Waals surface area contributed by atoms with E-state index < -0.39 is 17.6 Å². The molecule has 1 amide bonds. The molecule has 0 saturated carbocycles. The average molecular weight is 375 g/mol. The van der Waals surface area contributed by atoms with Crippen molar-refractivity contribution in [1.82, 2.24) is 0 Å². The second-order valence-corrected chi connectivity index (χ2v) is 7.49. The number of benzene rings is 2. The van der Waals surface area contributed by atoms with E-state index in [4.69, 9.17) is 4.42 Å². The maximum atomic E-state index is 13.1. The fraction of sp³-hybridized carbons (Fsp3) is 0.286. The highest BCUT2D eigenvalue weighted by Gasteiger charge is 2.33. The highest BCUT2D eigenvalue weighted by Crippen LogP contribution is 2.35. The molecule has 3 aromatic rings. The number of halogens is 3. The Balaban J connectivity index is 1.85. The average Bonchev–Trinajstić information content (AvgIpc) is 2.96. The van der Waals surface area contributed by atoms with Crippen molar-refractivity contribution >= 4 is 22.6 Å². The minimum atomic E-state index is -4.53. The number of carbonyl (C=O) groups excluding carboxylic acids is 1.